The molecule has 11 heavy (non-hydrogen) atoms. The minimum Gasteiger partial charge on any atom is -0.290 e. The van der Waals surface area contributed by atoms with Crippen LogP contribution < -0.4 is 0 Å². The molecule has 0 saturated heterocycles. The zero-order chi connectivity index (χ0) is 7.94. The Morgan fingerprint density at radius 2 is 1.82 bits per heavy atom. The van der Waals surface area contributed by atoms with Gasteiger partial charge in [0.1, 0.15) is 0 Å². The molecule has 0 heterocycles. The van der Waals surface area contributed by atoms with Crippen molar-refractivity contribution in [1.82, 2.24) is 0 Å². The molecule has 0 spiro atoms. The number of hydrogen-bond donors (Lipinski definition) is 0. The standard InChI is InChI=1S/C10H17N/c1-2-9-11-10-7-5-3-4-6-8-10/h2H,1,3-9H2. The van der Waals surface area contributed by atoms with E-state index in [1.54, 1.807) is 0 Å². The molecule has 1 aliphatic carbocycles. The molecule has 0 aliphatic heterocycles. The molecule has 0 N–H and O–H groups in total. The van der Waals surface area contributed by atoms with Crippen LogP contribution in [0.2, 0.25) is 0 Å². The van der Waals surface area contributed by atoms with Gasteiger partial charge in [-0.15, -0.1) is 6.58 Å². The molecule has 1 fully saturated rings. The number of nitrogens with zero attached hydrogens (tertiary/aromatic N) is 1. The quantitative estimate of drug-likeness (QED) is 0.425. The van der Waals surface area contributed by atoms with Crippen LogP contribution in [0.4, 0.5) is 0 Å². The third-order valence-corrected chi connectivity index (χ3v) is 2.12. The lowest BCUT2D eigenvalue weighted by Gasteiger charge is -1.98. The van der Waals surface area contributed by atoms with Crippen LogP contribution in [0.15, 0.2) is 17.6 Å². The summed E-state index contributed by atoms with van der Waals surface area (Å²) in [7, 11) is 0. The molecule has 0 atom stereocenters. The first-order chi connectivity index (χ1) is 5.43. The van der Waals surface area contributed by atoms with Crippen molar-refractivity contribution < 1.29 is 0 Å². The van der Waals surface area contributed by atoms with E-state index in [0.717, 1.165) is 6.54 Å². The first-order valence-electron chi connectivity index (χ1n) is 4.56. The van der Waals surface area contributed by atoms with Gasteiger partial charge in [0.25, 0.3) is 0 Å². The Morgan fingerprint density at radius 1 is 1.18 bits per heavy atom. The van der Waals surface area contributed by atoms with Gasteiger partial charge in [0.05, 0.1) is 6.54 Å². The number of hydrogen-bond acceptors (Lipinski definition) is 1. The fourth-order valence-corrected chi connectivity index (χ4v) is 1.49. The van der Waals surface area contributed by atoms with Crippen LogP contribution in [0, 0.1) is 0 Å². The van der Waals surface area contributed by atoms with Crippen molar-refractivity contribution in [2.45, 2.75) is 38.5 Å². The van der Waals surface area contributed by atoms with Crippen LogP contribution in [0.3, 0.4) is 0 Å². The Kier molecular flexibility index (Phi) is 3.95. The summed E-state index contributed by atoms with van der Waals surface area (Å²) in [4.78, 5) is 4.46. The van der Waals surface area contributed by atoms with Gasteiger partial charge < -0.3 is 0 Å². The van der Waals surface area contributed by atoms with Gasteiger partial charge in [-0.1, -0.05) is 18.9 Å². The maximum atomic E-state index is 4.46. The largest absolute Gasteiger partial charge is 0.290 e. The summed E-state index contributed by atoms with van der Waals surface area (Å²) in [5, 5.41) is 0. The van der Waals surface area contributed by atoms with Crippen molar-refractivity contribution in [1.29, 1.82) is 0 Å². The van der Waals surface area contributed by atoms with Gasteiger partial charge in [0.2, 0.25) is 0 Å². The maximum absolute atomic E-state index is 4.46. The van der Waals surface area contributed by atoms with Crippen molar-refractivity contribution in [3.63, 3.8) is 0 Å². The molecule has 1 rings (SSSR count). The maximum Gasteiger partial charge on any atom is 0.0567 e. The second kappa shape index (κ2) is 5.11. The van der Waals surface area contributed by atoms with Crippen molar-refractivity contribution in [3.05, 3.63) is 12.7 Å². The zero-order valence-electron chi connectivity index (χ0n) is 7.18. The van der Waals surface area contributed by atoms with E-state index >= 15 is 0 Å². The predicted octanol–water partition coefficient (Wildman–Crippen LogP) is 2.97. The van der Waals surface area contributed by atoms with E-state index in [9.17, 15) is 0 Å². The highest BCUT2D eigenvalue weighted by molar-refractivity contribution is 5.84. The summed E-state index contributed by atoms with van der Waals surface area (Å²) in [6, 6.07) is 0. The van der Waals surface area contributed by atoms with E-state index < -0.39 is 0 Å². The van der Waals surface area contributed by atoms with Gasteiger partial charge in [-0.3, -0.25) is 4.99 Å². The zero-order valence-corrected chi connectivity index (χ0v) is 7.18. The first-order valence-corrected chi connectivity index (χ1v) is 4.56. The Balaban J connectivity index is 2.35. The molecule has 0 bridgehead atoms. The van der Waals surface area contributed by atoms with Crippen molar-refractivity contribution >= 4 is 5.71 Å². The van der Waals surface area contributed by atoms with E-state index in [1.165, 1.54) is 44.2 Å². The van der Waals surface area contributed by atoms with Gasteiger partial charge >= 0.3 is 0 Å². The van der Waals surface area contributed by atoms with E-state index in [2.05, 4.69) is 11.6 Å². The van der Waals surface area contributed by atoms with E-state index in [4.69, 9.17) is 0 Å². The smallest absolute Gasteiger partial charge is 0.0567 e. The average Bonchev–Trinajstić information content (AvgIpc) is 2.28. The summed E-state index contributed by atoms with van der Waals surface area (Å²) in [6.45, 7) is 4.48. The molecule has 0 aromatic heterocycles. The second-order valence-electron chi connectivity index (χ2n) is 3.11. The van der Waals surface area contributed by atoms with Gasteiger partial charge in [0.15, 0.2) is 0 Å². The normalized spacial score (nSPS) is 19.1. The predicted molar refractivity (Wildman–Crippen MR) is 50.2 cm³/mol. The Bertz CT molecular complexity index is 137. The molecule has 1 heteroatoms. The Morgan fingerprint density at radius 3 is 2.36 bits per heavy atom. The van der Waals surface area contributed by atoms with Crippen molar-refractivity contribution in [2.75, 3.05) is 6.54 Å². The fourth-order valence-electron chi connectivity index (χ4n) is 1.49. The lowest BCUT2D eigenvalue weighted by molar-refractivity contribution is 0.702. The molecule has 62 valence electrons. The summed E-state index contributed by atoms with van der Waals surface area (Å²) in [5.74, 6) is 0. The fraction of sp³-hybridized carbons (Fsp3) is 0.700. The molecule has 1 nitrogen and oxygen atoms in total. The molecule has 0 unspecified atom stereocenters. The lowest BCUT2D eigenvalue weighted by Crippen LogP contribution is -1.96. The molecule has 0 aromatic carbocycles. The first kappa shape index (κ1) is 8.51. The van der Waals surface area contributed by atoms with E-state index in [0.29, 0.717) is 0 Å². The SMILES string of the molecule is C=CCN=C1CCCCCC1. The van der Waals surface area contributed by atoms with Crippen LogP contribution in [0.5, 0.6) is 0 Å². The summed E-state index contributed by atoms with van der Waals surface area (Å²) < 4.78 is 0. The monoisotopic (exact) mass is 151 g/mol. The Hall–Kier alpha value is -0.590. The molecule has 0 radical (unpaired) electrons. The Labute approximate surface area is 69.2 Å². The molecule has 0 amide bonds. The molecular weight excluding hydrogens is 134 g/mol. The average molecular weight is 151 g/mol. The second-order valence-corrected chi connectivity index (χ2v) is 3.11. The third-order valence-electron chi connectivity index (χ3n) is 2.12. The van der Waals surface area contributed by atoms with E-state index in [1.807, 2.05) is 6.08 Å². The van der Waals surface area contributed by atoms with E-state index in [-0.39, 0.29) is 0 Å². The lowest BCUT2D eigenvalue weighted by atomic mass is 10.2. The van der Waals surface area contributed by atoms with Crippen molar-refractivity contribution in [3.8, 4) is 0 Å². The summed E-state index contributed by atoms with van der Waals surface area (Å²) >= 11 is 0. The highest BCUT2D eigenvalue weighted by atomic mass is 14.7. The van der Waals surface area contributed by atoms with Gasteiger partial charge in [-0.2, -0.15) is 0 Å². The molecular formula is C10H17N. The summed E-state index contributed by atoms with van der Waals surface area (Å²) in [5.41, 5.74) is 1.42. The molecule has 1 aliphatic rings. The molecule has 0 aromatic rings. The number of aliphatic imine (C=N–C) groups is 1. The van der Waals surface area contributed by atoms with Crippen LogP contribution in [0.1, 0.15) is 38.5 Å². The van der Waals surface area contributed by atoms with Crippen LogP contribution in [-0.2, 0) is 0 Å². The van der Waals surface area contributed by atoms with Crippen LogP contribution in [-0.4, -0.2) is 12.3 Å². The van der Waals surface area contributed by atoms with Crippen LogP contribution >= 0.6 is 0 Å². The highest BCUT2D eigenvalue weighted by Gasteiger charge is 2.03. The van der Waals surface area contributed by atoms with Crippen molar-refractivity contribution in [2.24, 2.45) is 4.99 Å². The van der Waals surface area contributed by atoms with Gasteiger partial charge in [-0.25, -0.2) is 0 Å². The topological polar surface area (TPSA) is 12.4 Å². The summed E-state index contributed by atoms with van der Waals surface area (Å²) in [6.07, 6.45) is 9.81. The number of rotatable bonds is 2. The third kappa shape index (κ3) is 3.35. The minimum atomic E-state index is 0.815. The molecule has 1 saturated carbocycles. The minimum absolute atomic E-state index is 0.815. The van der Waals surface area contributed by atoms with Crippen LogP contribution in [0.25, 0.3) is 0 Å². The highest BCUT2D eigenvalue weighted by Crippen LogP contribution is 2.14. The van der Waals surface area contributed by atoms with Gasteiger partial charge in [-0.05, 0) is 25.7 Å². The van der Waals surface area contributed by atoms with Gasteiger partial charge in [0, 0.05) is 5.71 Å².